The number of nitrogens with zero attached hydrogens (tertiary/aromatic N) is 5. The van der Waals surface area contributed by atoms with Crippen molar-refractivity contribution in [2.75, 3.05) is 18.8 Å². The summed E-state index contributed by atoms with van der Waals surface area (Å²) in [7, 11) is 0. The Kier molecular flexibility index (Phi) is 3.04. The first-order valence-corrected chi connectivity index (χ1v) is 6.82. The number of aromatic nitrogens is 4. The van der Waals surface area contributed by atoms with Crippen molar-refractivity contribution in [2.45, 2.75) is 33.1 Å². The maximum atomic E-state index is 12.3. The number of carbonyl (C=O) groups is 1. The van der Waals surface area contributed by atoms with Crippen LogP contribution in [0.4, 0.5) is 5.95 Å². The standard InChI is InChI=1S/C13H18N6O/c1-8-10(7-11(20)18-5-3-4-6-18)9(2)19-13(15-8)16-12(14)17-19/h3-7H2,1-2H3,(H2,14,17). The van der Waals surface area contributed by atoms with E-state index in [9.17, 15) is 4.79 Å². The van der Waals surface area contributed by atoms with Gasteiger partial charge in [0.2, 0.25) is 11.9 Å². The van der Waals surface area contributed by atoms with Crippen molar-refractivity contribution in [3.05, 3.63) is 17.0 Å². The molecule has 7 heteroatoms. The monoisotopic (exact) mass is 274 g/mol. The molecular weight excluding hydrogens is 256 g/mol. The van der Waals surface area contributed by atoms with Crippen LogP contribution >= 0.6 is 0 Å². The van der Waals surface area contributed by atoms with Crippen molar-refractivity contribution < 1.29 is 4.79 Å². The Hall–Kier alpha value is -2.18. The number of anilines is 1. The van der Waals surface area contributed by atoms with Crippen LogP contribution in [0.2, 0.25) is 0 Å². The molecule has 1 saturated heterocycles. The van der Waals surface area contributed by atoms with Gasteiger partial charge in [0.15, 0.2) is 0 Å². The van der Waals surface area contributed by atoms with Gasteiger partial charge in [0.1, 0.15) is 0 Å². The minimum Gasteiger partial charge on any atom is -0.366 e. The highest BCUT2D eigenvalue weighted by atomic mass is 16.2. The van der Waals surface area contributed by atoms with Crippen LogP contribution in [-0.2, 0) is 11.2 Å². The highest BCUT2D eigenvalue weighted by Gasteiger charge is 2.21. The molecule has 20 heavy (non-hydrogen) atoms. The van der Waals surface area contributed by atoms with E-state index in [1.807, 2.05) is 18.7 Å². The Morgan fingerprint density at radius 1 is 1.25 bits per heavy atom. The number of fused-ring (bicyclic) bond motifs is 1. The molecular formula is C13H18N6O. The van der Waals surface area contributed by atoms with Crippen molar-refractivity contribution in [3.63, 3.8) is 0 Å². The van der Waals surface area contributed by atoms with Gasteiger partial charge >= 0.3 is 0 Å². The van der Waals surface area contributed by atoms with Gasteiger partial charge in [0.25, 0.3) is 5.78 Å². The lowest BCUT2D eigenvalue weighted by Crippen LogP contribution is -2.29. The molecule has 2 aromatic heterocycles. The Labute approximate surface area is 116 Å². The fraction of sp³-hybridized carbons (Fsp3) is 0.538. The van der Waals surface area contributed by atoms with E-state index in [-0.39, 0.29) is 11.9 Å². The highest BCUT2D eigenvalue weighted by Crippen LogP contribution is 2.17. The zero-order chi connectivity index (χ0) is 14.3. The summed E-state index contributed by atoms with van der Waals surface area (Å²) < 4.78 is 1.61. The Morgan fingerprint density at radius 2 is 1.95 bits per heavy atom. The smallest absolute Gasteiger partial charge is 0.254 e. The number of nitrogens with two attached hydrogens (primary N) is 1. The van der Waals surface area contributed by atoms with E-state index in [0.29, 0.717) is 12.2 Å². The SMILES string of the molecule is Cc1nc2nc(N)nn2c(C)c1CC(=O)N1CCCC1. The van der Waals surface area contributed by atoms with Gasteiger partial charge in [-0.1, -0.05) is 0 Å². The quantitative estimate of drug-likeness (QED) is 0.860. The number of aryl methyl sites for hydroxylation is 2. The molecule has 0 aliphatic carbocycles. The summed E-state index contributed by atoms with van der Waals surface area (Å²) >= 11 is 0. The van der Waals surface area contributed by atoms with Crippen LogP contribution in [0.5, 0.6) is 0 Å². The van der Waals surface area contributed by atoms with E-state index in [1.54, 1.807) is 4.52 Å². The van der Waals surface area contributed by atoms with E-state index in [2.05, 4.69) is 15.1 Å². The van der Waals surface area contributed by atoms with Crippen LogP contribution in [0.1, 0.15) is 29.8 Å². The lowest BCUT2D eigenvalue weighted by atomic mass is 10.1. The molecule has 106 valence electrons. The van der Waals surface area contributed by atoms with Crippen molar-refractivity contribution in [3.8, 4) is 0 Å². The van der Waals surface area contributed by atoms with E-state index >= 15 is 0 Å². The largest absolute Gasteiger partial charge is 0.366 e. The number of carbonyl (C=O) groups excluding carboxylic acids is 1. The summed E-state index contributed by atoms with van der Waals surface area (Å²) in [6, 6.07) is 0. The topological polar surface area (TPSA) is 89.4 Å². The summed E-state index contributed by atoms with van der Waals surface area (Å²) in [4.78, 5) is 22.6. The fourth-order valence-electron chi connectivity index (χ4n) is 2.71. The third-order valence-electron chi connectivity index (χ3n) is 3.85. The fourth-order valence-corrected chi connectivity index (χ4v) is 2.71. The predicted molar refractivity (Wildman–Crippen MR) is 74.2 cm³/mol. The maximum absolute atomic E-state index is 12.3. The molecule has 3 heterocycles. The van der Waals surface area contributed by atoms with Crippen LogP contribution in [0.25, 0.3) is 5.78 Å². The normalized spacial score (nSPS) is 15.2. The molecule has 1 fully saturated rings. The first kappa shape index (κ1) is 12.8. The molecule has 0 saturated carbocycles. The zero-order valence-electron chi connectivity index (χ0n) is 11.8. The molecule has 2 aromatic rings. The van der Waals surface area contributed by atoms with Crippen molar-refractivity contribution in [2.24, 2.45) is 0 Å². The van der Waals surface area contributed by atoms with Crippen molar-refractivity contribution in [1.29, 1.82) is 0 Å². The van der Waals surface area contributed by atoms with Crippen molar-refractivity contribution in [1.82, 2.24) is 24.5 Å². The van der Waals surface area contributed by atoms with E-state index < -0.39 is 0 Å². The molecule has 2 N–H and O–H groups in total. The number of rotatable bonds is 2. The van der Waals surface area contributed by atoms with Gasteiger partial charge in [-0.2, -0.15) is 9.50 Å². The number of hydrogen-bond acceptors (Lipinski definition) is 5. The molecule has 1 aliphatic heterocycles. The van der Waals surface area contributed by atoms with Crippen molar-refractivity contribution >= 4 is 17.6 Å². The first-order valence-electron chi connectivity index (χ1n) is 6.82. The maximum Gasteiger partial charge on any atom is 0.254 e. The van der Waals surface area contributed by atoms with Gasteiger partial charge < -0.3 is 10.6 Å². The summed E-state index contributed by atoms with van der Waals surface area (Å²) in [5.74, 6) is 0.834. The second-order valence-corrected chi connectivity index (χ2v) is 5.21. The molecule has 1 aliphatic rings. The molecule has 3 rings (SSSR count). The van der Waals surface area contributed by atoms with Crippen LogP contribution in [-0.4, -0.2) is 43.5 Å². The minimum absolute atomic E-state index is 0.155. The lowest BCUT2D eigenvalue weighted by Gasteiger charge is -2.17. The molecule has 7 nitrogen and oxygen atoms in total. The minimum atomic E-state index is 0.155. The molecule has 0 unspecified atom stereocenters. The molecule has 0 atom stereocenters. The van der Waals surface area contributed by atoms with Crippen LogP contribution in [0.15, 0.2) is 0 Å². The molecule has 0 spiro atoms. The summed E-state index contributed by atoms with van der Waals surface area (Å²) in [6.07, 6.45) is 2.56. The van der Waals surface area contributed by atoms with Gasteiger partial charge in [-0.25, -0.2) is 4.98 Å². The number of likely N-dealkylation sites (tertiary alicyclic amines) is 1. The van der Waals surface area contributed by atoms with Gasteiger partial charge in [-0.05, 0) is 26.7 Å². The highest BCUT2D eigenvalue weighted by molar-refractivity contribution is 5.79. The number of amides is 1. The van der Waals surface area contributed by atoms with Crippen LogP contribution in [0.3, 0.4) is 0 Å². The number of hydrogen-bond donors (Lipinski definition) is 1. The molecule has 1 amide bonds. The second-order valence-electron chi connectivity index (χ2n) is 5.21. The predicted octanol–water partition coefficient (Wildman–Crippen LogP) is 0.488. The lowest BCUT2D eigenvalue weighted by molar-refractivity contribution is -0.129. The van der Waals surface area contributed by atoms with E-state index in [4.69, 9.17) is 5.73 Å². The summed E-state index contributed by atoms with van der Waals surface area (Å²) in [5, 5.41) is 4.12. The summed E-state index contributed by atoms with van der Waals surface area (Å²) in [5.41, 5.74) is 8.21. The Bertz CT molecular complexity index is 671. The second kappa shape index (κ2) is 4.73. The first-order chi connectivity index (χ1) is 9.56. The van der Waals surface area contributed by atoms with Gasteiger partial charge in [-0.15, -0.1) is 5.10 Å². The average molecular weight is 274 g/mol. The molecule has 0 radical (unpaired) electrons. The zero-order valence-corrected chi connectivity index (χ0v) is 11.8. The van der Waals surface area contributed by atoms with Gasteiger partial charge in [-0.3, -0.25) is 4.79 Å². The molecule has 0 bridgehead atoms. The van der Waals surface area contributed by atoms with Gasteiger partial charge in [0.05, 0.1) is 6.42 Å². The third-order valence-corrected chi connectivity index (χ3v) is 3.85. The Morgan fingerprint density at radius 3 is 2.65 bits per heavy atom. The Balaban J connectivity index is 1.96. The number of nitrogen functional groups attached to an aromatic ring is 1. The summed E-state index contributed by atoms with van der Waals surface area (Å²) in [6.45, 7) is 5.54. The van der Waals surface area contributed by atoms with E-state index in [0.717, 1.165) is 42.9 Å². The molecule has 0 aromatic carbocycles. The van der Waals surface area contributed by atoms with Crippen LogP contribution in [0, 0.1) is 13.8 Å². The average Bonchev–Trinajstić information content (AvgIpc) is 3.03. The van der Waals surface area contributed by atoms with Gasteiger partial charge in [0, 0.05) is 30.0 Å². The third kappa shape index (κ3) is 2.09. The van der Waals surface area contributed by atoms with E-state index in [1.165, 1.54) is 0 Å². The van der Waals surface area contributed by atoms with Crippen LogP contribution < -0.4 is 5.73 Å².